The third-order valence-corrected chi connectivity index (χ3v) is 4.04. The molecule has 114 valence electrons. The maximum atomic E-state index is 12.3. The lowest BCUT2D eigenvalue weighted by Crippen LogP contribution is -2.30. The molecule has 0 radical (unpaired) electrons. The average Bonchev–Trinajstić information content (AvgIpc) is 2.81. The van der Waals surface area contributed by atoms with E-state index >= 15 is 0 Å². The molecule has 1 heterocycles. The minimum atomic E-state index is 0.0703. The zero-order chi connectivity index (χ0) is 15.4. The van der Waals surface area contributed by atoms with Gasteiger partial charge in [-0.1, -0.05) is 25.1 Å². The fraction of sp³-hybridized carbons (Fsp3) is 0.471. The van der Waals surface area contributed by atoms with Crippen molar-refractivity contribution in [3.8, 4) is 0 Å². The summed E-state index contributed by atoms with van der Waals surface area (Å²) in [6, 6.07) is 6.61. The molecule has 2 rings (SSSR count). The van der Waals surface area contributed by atoms with Crippen molar-refractivity contribution < 1.29 is 0 Å². The Balaban J connectivity index is 2.23. The number of hydrogen-bond donors (Lipinski definition) is 1. The second-order valence-electron chi connectivity index (χ2n) is 5.61. The molecule has 0 aliphatic carbocycles. The largest absolute Gasteiger partial charge is 0.328 e. The summed E-state index contributed by atoms with van der Waals surface area (Å²) in [5.74, 6) is 0. The van der Waals surface area contributed by atoms with Crippen LogP contribution in [0.5, 0.6) is 0 Å². The smallest absolute Gasteiger partial charge is 0.312 e. The van der Waals surface area contributed by atoms with Gasteiger partial charge in [0.2, 0.25) is 0 Å². The van der Waals surface area contributed by atoms with Crippen LogP contribution >= 0.6 is 0 Å². The molecule has 1 atom stereocenters. The first kappa shape index (κ1) is 15.6. The number of benzene rings is 1. The first-order valence-corrected chi connectivity index (χ1v) is 7.56. The third kappa shape index (κ3) is 3.45. The van der Waals surface area contributed by atoms with Crippen LogP contribution in [0, 0.1) is 13.8 Å². The Morgan fingerprint density at radius 3 is 2.48 bits per heavy atom. The molecule has 1 aromatic carbocycles. The van der Waals surface area contributed by atoms with Crippen molar-refractivity contribution in [3.63, 3.8) is 0 Å². The minimum Gasteiger partial charge on any atom is -0.312 e. The van der Waals surface area contributed by atoms with Gasteiger partial charge in [-0.2, -0.15) is 0 Å². The summed E-state index contributed by atoms with van der Waals surface area (Å²) in [5.41, 5.74) is 3.86. The molecule has 1 aromatic heterocycles. The van der Waals surface area contributed by atoms with Gasteiger partial charge in [-0.3, -0.25) is 9.13 Å². The molecule has 0 spiro atoms. The van der Waals surface area contributed by atoms with Crippen molar-refractivity contribution in [2.45, 2.75) is 46.3 Å². The van der Waals surface area contributed by atoms with Crippen LogP contribution in [0.15, 0.2) is 35.4 Å². The number of hydrogen-bond acceptors (Lipinski definition) is 2. The summed E-state index contributed by atoms with van der Waals surface area (Å²) in [5, 5.41) is 3.31. The first-order chi connectivity index (χ1) is 10.1. The molecule has 2 aromatic rings. The quantitative estimate of drug-likeness (QED) is 0.887. The van der Waals surface area contributed by atoms with Gasteiger partial charge in [0.05, 0.1) is 6.04 Å². The fourth-order valence-electron chi connectivity index (χ4n) is 2.54. The predicted octanol–water partition coefficient (Wildman–Crippen LogP) is 2.64. The molecule has 0 amide bonds. The van der Waals surface area contributed by atoms with Crippen LogP contribution in [0.1, 0.15) is 36.1 Å². The van der Waals surface area contributed by atoms with Gasteiger partial charge in [-0.15, -0.1) is 0 Å². The van der Waals surface area contributed by atoms with Crippen molar-refractivity contribution >= 4 is 0 Å². The van der Waals surface area contributed by atoms with Crippen molar-refractivity contribution in [2.75, 3.05) is 7.05 Å². The highest BCUT2D eigenvalue weighted by molar-refractivity contribution is 5.31. The third-order valence-electron chi connectivity index (χ3n) is 4.04. The number of nitrogens with zero attached hydrogens (tertiary/aromatic N) is 2. The first-order valence-electron chi connectivity index (χ1n) is 7.56. The van der Waals surface area contributed by atoms with E-state index in [9.17, 15) is 4.79 Å². The molecule has 4 nitrogen and oxygen atoms in total. The molecule has 21 heavy (non-hydrogen) atoms. The van der Waals surface area contributed by atoms with Crippen molar-refractivity contribution in [1.82, 2.24) is 14.5 Å². The van der Waals surface area contributed by atoms with Gasteiger partial charge >= 0.3 is 5.69 Å². The van der Waals surface area contributed by atoms with Gasteiger partial charge in [0, 0.05) is 25.5 Å². The standard InChI is InChI=1S/C17H25N3O/c1-5-8-19-9-10-20(17(19)21)12-16(18-4)15-7-6-13(2)14(3)11-15/h6-7,9-11,16,18H,5,8,12H2,1-4H3. The molecule has 0 saturated heterocycles. The van der Waals surface area contributed by atoms with E-state index in [1.165, 1.54) is 16.7 Å². The highest BCUT2D eigenvalue weighted by Crippen LogP contribution is 2.18. The highest BCUT2D eigenvalue weighted by atomic mass is 16.1. The van der Waals surface area contributed by atoms with E-state index in [0.717, 1.165) is 13.0 Å². The van der Waals surface area contributed by atoms with Gasteiger partial charge in [0.25, 0.3) is 0 Å². The Morgan fingerprint density at radius 1 is 1.14 bits per heavy atom. The van der Waals surface area contributed by atoms with Crippen molar-refractivity contribution in [1.29, 1.82) is 0 Å². The lowest BCUT2D eigenvalue weighted by atomic mass is 10.0. The molecule has 0 fully saturated rings. The SMILES string of the molecule is CCCn1ccn(CC(NC)c2ccc(C)c(C)c2)c1=O. The minimum absolute atomic E-state index is 0.0703. The Hall–Kier alpha value is -1.81. The van der Waals surface area contributed by atoms with Gasteiger partial charge in [-0.05, 0) is 44.0 Å². The van der Waals surface area contributed by atoms with Crippen LogP contribution in [-0.2, 0) is 13.1 Å². The Morgan fingerprint density at radius 2 is 1.86 bits per heavy atom. The second-order valence-corrected chi connectivity index (χ2v) is 5.61. The van der Waals surface area contributed by atoms with Crippen molar-refractivity contribution in [2.24, 2.45) is 0 Å². The molecular weight excluding hydrogens is 262 g/mol. The Bertz CT molecular complexity index is 654. The van der Waals surface area contributed by atoms with Crippen LogP contribution in [0.2, 0.25) is 0 Å². The van der Waals surface area contributed by atoms with Gasteiger partial charge in [-0.25, -0.2) is 4.79 Å². The van der Waals surface area contributed by atoms with Crippen molar-refractivity contribution in [3.05, 3.63) is 57.8 Å². The molecule has 4 heteroatoms. The van der Waals surface area contributed by atoms with E-state index in [-0.39, 0.29) is 11.7 Å². The molecule has 0 saturated carbocycles. The van der Waals surface area contributed by atoms with Gasteiger partial charge < -0.3 is 5.32 Å². The van der Waals surface area contributed by atoms with Crippen LogP contribution in [0.3, 0.4) is 0 Å². The molecule has 0 aliphatic rings. The van der Waals surface area contributed by atoms with Gasteiger partial charge in [0.1, 0.15) is 0 Å². The fourth-order valence-corrected chi connectivity index (χ4v) is 2.54. The lowest BCUT2D eigenvalue weighted by molar-refractivity contribution is 0.482. The number of imidazole rings is 1. The topological polar surface area (TPSA) is 39.0 Å². The summed E-state index contributed by atoms with van der Waals surface area (Å²) >= 11 is 0. The van der Waals surface area contributed by atoms with Crippen LogP contribution < -0.4 is 11.0 Å². The van der Waals surface area contributed by atoms with E-state index in [4.69, 9.17) is 0 Å². The van der Waals surface area contributed by atoms with E-state index in [1.807, 2.05) is 19.4 Å². The molecular formula is C17H25N3O. The Kier molecular flexibility index (Phi) is 5.02. The summed E-state index contributed by atoms with van der Waals surface area (Å²) in [7, 11) is 1.94. The molecule has 1 N–H and O–H groups in total. The molecule has 1 unspecified atom stereocenters. The molecule has 0 aliphatic heterocycles. The second kappa shape index (κ2) is 6.76. The monoisotopic (exact) mass is 287 g/mol. The zero-order valence-electron chi connectivity index (χ0n) is 13.4. The number of nitrogens with one attached hydrogen (secondary N) is 1. The van der Waals surface area contributed by atoms with Gasteiger partial charge in [0.15, 0.2) is 0 Å². The number of aromatic nitrogens is 2. The lowest BCUT2D eigenvalue weighted by Gasteiger charge is -2.18. The summed E-state index contributed by atoms with van der Waals surface area (Å²) in [6.45, 7) is 7.74. The van der Waals surface area contributed by atoms with Crippen LogP contribution in [-0.4, -0.2) is 16.2 Å². The predicted molar refractivity (Wildman–Crippen MR) is 86.7 cm³/mol. The van der Waals surface area contributed by atoms with E-state index in [1.54, 1.807) is 9.13 Å². The van der Waals surface area contributed by atoms with E-state index in [0.29, 0.717) is 6.54 Å². The summed E-state index contributed by atoms with van der Waals surface area (Å²) in [6.07, 6.45) is 4.72. The number of rotatable bonds is 6. The number of aryl methyl sites for hydroxylation is 3. The zero-order valence-corrected chi connectivity index (χ0v) is 13.4. The normalized spacial score (nSPS) is 12.6. The highest BCUT2D eigenvalue weighted by Gasteiger charge is 2.13. The summed E-state index contributed by atoms with van der Waals surface area (Å²) in [4.78, 5) is 12.3. The summed E-state index contributed by atoms with van der Waals surface area (Å²) < 4.78 is 3.55. The van der Waals surface area contributed by atoms with E-state index in [2.05, 4.69) is 44.3 Å². The number of likely N-dealkylation sites (N-methyl/N-ethyl adjacent to an activating group) is 1. The molecule has 0 bridgehead atoms. The Labute approximate surface area is 126 Å². The van der Waals surface area contributed by atoms with Crippen LogP contribution in [0.4, 0.5) is 0 Å². The average molecular weight is 287 g/mol. The van der Waals surface area contributed by atoms with E-state index < -0.39 is 0 Å². The van der Waals surface area contributed by atoms with Crippen LogP contribution in [0.25, 0.3) is 0 Å². The maximum Gasteiger partial charge on any atom is 0.328 e. The maximum absolute atomic E-state index is 12.3.